The second kappa shape index (κ2) is 17.5. The van der Waals surface area contributed by atoms with Crippen molar-refractivity contribution in [3.63, 3.8) is 0 Å². The van der Waals surface area contributed by atoms with Crippen molar-refractivity contribution in [3.05, 3.63) is 65.2 Å². The number of rotatable bonds is 15. The number of nitrogens with two attached hydrogens (primary N) is 1. The van der Waals surface area contributed by atoms with Crippen LogP contribution in [-0.2, 0) is 35.1 Å². The van der Waals surface area contributed by atoms with Crippen LogP contribution >= 0.6 is 0 Å². The van der Waals surface area contributed by atoms with Crippen molar-refractivity contribution in [3.8, 4) is 5.75 Å². The molecule has 0 aliphatic rings. The molecule has 0 aromatic heterocycles. The first-order chi connectivity index (χ1) is 22.3. The molecule has 5 N–H and O–H groups in total. The first kappa shape index (κ1) is 39.6. The topological polar surface area (TPSA) is 177 Å². The Kier molecular flexibility index (Phi) is 14.4. The van der Waals surface area contributed by atoms with Crippen molar-refractivity contribution in [2.24, 2.45) is 5.73 Å². The van der Waals surface area contributed by atoms with E-state index in [9.17, 15) is 29.1 Å². The van der Waals surface area contributed by atoms with E-state index in [4.69, 9.17) is 15.2 Å². The molecule has 48 heavy (non-hydrogen) atoms. The Morgan fingerprint density at radius 2 is 1.50 bits per heavy atom. The Morgan fingerprint density at radius 3 is 2.04 bits per heavy atom. The van der Waals surface area contributed by atoms with Crippen molar-refractivity contribution in [2.75, 3.05) is 6.54 Å². The fourth-order valence-electron chi connectivity index (χ4n) is 4.94. The Morgan fingerprint density at radius 1 is 0.875 bits per heavy atom. The summed E-state index contributed by atoms with van der Waals surface area (Å²) in [6, 6.07) is 9.67. The Labute approximate surface area is 283 Å². The van der Waals surface area contributed by atoms with Gasteiger partial charge in [0.15, 0.2) is 0 Å². The highest BCUT2D eigenvalue weighted by atomic mass is 16.6. The smallest absolute Gasteiger partial charge is 0.408 e. The lowest BCUT2D eigenvalue weighted by Crippen LogP contribution is -2.55. The molecule has 0 aliphatic carbocycles. The maximum absolute atomic E-state index is 14.5. The summed E-state index contributed by atoms with van der Waals surface area (Å²) in [4.78, 5) is 68.5. The highest BCUT2D eigenvalue weighted by Crippen LogP contribution is 2.28. The van der Waals surface area contributed by atoms with Gasteiger partial charge < -0.3 is 35.8 Å². The van der Waals surface area contributed by atoms with Gasteiger partial charge in [-0.05, 0) is 83.7 Å². The summed E-state index contributed by atoms with van der Waals surface area (Å²) in [5.74, 6) is -2.99. The fourth-order valence-corrected chi connectivity index (χ4v) is 4.94. The van der Waals surface area contributed by atoms with Crippen LogP contribution in [0, 0.1) is 6.92 Å². The lowest BCUT2D eigenvalue weighted by molar-refractivity contribution is -0.159. The Hall–Kier alpha value is -4.61. The summed E-state index contributed by atoms with van der Waals surface area (Å²) in [6.45, 7) is 13.8. The SMILES string of the molecule is CCCCCN(C(=O)C(CC(N)=O)NC(=O)OC(C)(C)C)C(C(=O)NC(Cc1ccccc1)C(=O)OC(C)(C)C)c1ccc(O)c(C)c1. The van der Waals surface area contributed by atoms with Gasteiger partial charge in [-0.1, -0.05) is 56.2 Å². The minimum Gasteiger partial charge on any atom is -0.508 e. The lowest BCUT2D eigenvalue weighted by Gasteiger charge is -2.35. The van der Waals surface area contributed by atoms with Crippen LogP contribution in [0.1, 0.15) is 96.9 Å². The van der Waals surface area contributed by atoms with E-state index in [1.165, 1.54) is 17.0 Å². The first-order valence-electron chi connectivity index (χ1n) is 16.3. The van der Waals surface area contributed by atoms with Crippen molar-refractivity contribution in [2.45, 2.75) is 117 Å². The molecule has 2 aromatic carbocycles. The van der Waals surface area contributed by atoms with Crippen LogP contribution in [-0.4, -0.2) is 69.6 Å². The third kappa shape index (κ3) is 13.2. The molecule has 4 amide bonds. The Balaban J connectivity index is 2.67. The predicted molar refractivity (Wildman–Crippen MR) is 182 cm³/mol. The number of hydrogen-bond donors (Lipinski definition) is 4. The summed E-state index contributed by atoms with van der Waals surface area (Å²) in [6.07, 6.45) is 0.608. The number of aryl methyl sites for hydroxylation is 1. The predicted octanol–water partition coefficient (Wildman–Crippen LogP) is 4.60. The molecule has 12 nitrogen and oxygen atoms in total. The number of nitrogens with zero attached hydrogens (tertiary/aromatic N) is 1. The Bertz CT molecular complexity index is 1420. The number of primary amides is 1. The molecule has 0 radical (unpaired) electrons. The number of unbranched alkanes of at least 4 members (excludes halogenated alkanes) is 2. The van der Waals surface area contributed by atoms with Gasteiger partial charge in [0, 0.05) is 13.0 Å². The van der Waals surface area contributed by atoms with Crippen LogP contribution in [0.25, 0.3) is 0 Å². The monoisotopic (exact) mass is 668 g/mol. The molecule has 3 unspecified atom stereocenters. The number of amides is 4. The number of carbonyl (C=O) groups is 5. The van der Waals surface area contributed by atoms with Gasteiger partial charge in [-0.15, -0.1) is 0 Å². The number of carbonyl (C=O) groups excluding carboxylic acids is 5. The van der Waals surface area contributed by atoms with Crippen LogP contribution in [0.15, 0.2) is 48.5 Å². The standard InChI is InChI=1S/C36H52N4O8/c1-9-10-14-19-40(32(44)26(22-29(37)42)39-34(46)48-36(6,7)8)30(25-17-18-28(41)23(2)20-25)31(43)38-27(33(45)47-35(3,4)5)21-24-15-12-11-13-16-24/h11-13,15-18,20,26-27,30,41H,9-10,14,19,21-22H2,1-8H3,(H2,37,42)(H,38,43)(H,39,46). The van der Waals surface area contributed by atoms with E-state index in [1.54, 1.807) is 54.5 Å². The van der Waals surface area contributed by atoms with E-state index in [2.05, 4.69) is 10.6 Å². The quantitative estimate of drug-likeness (QED) is 0.157. The number of alkyl carbamates (subject to hydrolysis) is 1. The van der Waals surface area contributed by atoms with E-state index in [1.807, 2.05) is 37.3 Å². The molecule has 2 rings (SSSR count). The van der Waals surface area contributed by atoms with E-state index >= 15 is 0 Å². The van der Waals surface area contributed by atoms with Gasteiger partial charge in [0.25, 0.3) is 0 Å². The molecule has 2 aromatic rings. The molecule has 264 valence electrons. The molecule has 0 bridgehead atoms. The zero-order valence-corrected chi connectivity index (χ0v) is 29.4. The number of ether oxygens (including phenoxy) is 2. The third-order valence-corrected chi connectivity index (χ3v) is 7.07. The number of benzene rings is 2. The third-order valence-electron chi connectivity index (χ3n) is 7.07. The summed E-state index contributed by atoms with van der Waals surface area (Å²) < 4.78 is 11.0. The minimum absolute atomic E-state index is 0.0179. The van der Waals surface area contributed by atoms with Gasteiger partial charge in [0.05, 0.1) is 6.42 Å². The highest BCUT2D eigenvalue weighted by molar-refractivity contribution is 5.95. The van der Waals surface area contributed by atoms with Crippen molar-refractivity contribution in [1.82, 2.24) is 15.5 Å². The van der Waals surface area contributed by atoms with Gasteiger partial charge >= 0.3 is 12.1 Å². The van der Waals surface area contributed by atoms with Gasteiger partial charge in [0.1, 0.15) is 35.1 Å². The second-order valence-corrected chi connectivity index (χ2v) is 13.8. The largest absolute Gasteiger partial charge is 0.508 e. The molecule has 0 aliphatic heterocycles. The number of aromatic hydroxyl groups is 1. The fraction of sp³-hybridized carbons (Fsp3) is 0.528. The number of phenolic OH excluding ortho intramolecular Hbond substituents is 1. The van der Waals surface area contributed by atoms with Gasteiger partial charge in [-0.3, -0.25) is 14.4 Å². The van der Waals surface area contributed by atoms with E-state index < -0.39 is 65.5 Å². The number of esters is 1. The zero-order chi connectivity index (χ0) is 36.2. The van der Waals surface area contributed by atoms with E-state index in [-0.39, 0.29) is 18.7 Å². The van der Waals surface area contributed by atoms with Crippen molar-refractivity contribution >= 4 is 29.8 Å². The van der Waals surface area contributed by atoms with Crippen LogP contribution in [0.2, 0.25) is 0 Å². The van der Waals surface area contributed by atoms with Crippen molar-refractivity contribution < 1.29 is 38.6 Å². The average molecular weight is 669 g/mol. The summed E-state index contributed by atoms with van der Waals surface area (Å²) in [7, 11) is 0. The van der Waals surface area contributed by atoms with Crippen LogP contribution in [0.3, 0.4) is 0 Å². The molecule has 0 saturated carbocycles. The van der Waals surface area contributed by atoms with Gasteiger partial charge in [0.2, 0.25) is 17.7 Å². The molecule has 0 heterocycles. The van der Waals surface area contributed by atoms with Crippen LogP contribution < -0.4 is 16.4 Å². The molecular weight excluding hydrogens is 616 g/mol. The van der Waals surface area contributed by atoms with Crippen LogP contribution in [0.4, 0.5) is 4.79 Å². The maximum Gasteiger partial charge on any atom is 0.408 e. The summed E-state index contributed by atoms with van der Waals surface area (Å²) >= 11 is 0. The molecule has 3 atom stereocenters. The number of nitrogens with one attached hydrogen (secondary N) is 2. The van der Waals surface area contributed by atoms with Crippen LogP contribution in [0.5, 0.6) is 5.75 Å². The molecule has 0 fully saturated rings. The molecular formula is C36H52N4O8. The van der Waals surface area contributed by atoms with Gasteiger partial charge in [-0.2, -0.15) is 0 Å². The molecule has 0 saturated heterocycles. The number of hydrogen-bond acceptors (Lipinski definition) is 8. The second-order valence-electron chi connectivity index (χ2n) is 13.8. The minimum atomic E-state index is -1.46. The van der Waals surface area contributed by atoms with Crippen molar-refractivity contribution in [1.29, 1.82) is 0 Å². The van der Waals surface area contributed by atoms with E-state index in [0.717, 1.165) is 12.0 Å². The van der Waals surface area contributed by atoms with E-state index in [0.29, 0.717) is 24.0 Å². The normalized spacial score (nSPS) is 13.4. The van der Waals surface area contributed by atoms with Gasteiger partial charge in [-0.25, -0.2) is 9.59 Å². The maximum atomic E-state index is 14.5. The average Bonchev–Trinajstić information content (AvgIpc) is 2.95. The summed E-state index contributed by atoms with van der Waals surface area (Å²) in [5, 5.41) is 15.6. The lowest BCUT2D eigenvalue weighted by atomic mass is 9.98. The highest BCUT2D eigenvalue weighted by Gasteiger charge is 2.39. The molecule has 0 spiro atoms. The summed E-state index contributed by atoms with van der Waals surface area (Å²) in [5.41, 5.74) is 5.31. The first-order valence-corrected chi connectivity index (χ1v) is 16.3. The zero-order valence-electron chi connectivity index (χ0n) is 29.4. The molecule has 12 heteroatoms. The number of phenols is 1.